The Morgan fingerprint density at radius 2 is 2.10 bits per heavy atom. The maximum atomic E-state index is 8.94. The molecule has 1 aliphatic carbocycles. The number of thiophene rings is 1. The summed E-state index contributed by atoms with van der Waals surface area (Å²) < 4.78 is 0. The van der Waals surface area contributed by atoms with Crippen LogP contribution in [-0.2, 0) is 19.3 Å². The van der Waals surface area contributed by atoms with Gasteiger partial charge in [-0.15, -0.1) is 11.3 Å². The number of aliphatic hydroxyl groups excluding tert-OH is 1. The van der Waals surface area contributed by atoms with E-state index >= 15 is 0 Å². The zero-order valence-electron chi connectivity index (χ0n) is 11.9. The van der Waals surface area contributed by atoms with Crippen molar-refractivity contribution in [3.05, 3.63) is 16.3 Å². The van der Waals surface area contributed by atoms with E-state index in [1.165, 1.54) is 35.1 Å². The van der Waals surface area contributed by atoms with Crippen LogP contribution in [0.15, 0.2) is 0 Å². The zero-order chi connectivity index (χ0) is 13.9. The Labute approximate surface area is 123 Å². The molecule has 2 aromatic rings. The van der Waals surface area contributed by atoms with Crippen molar-refractivity contribution in [2.75, 3.05) is 18.5 Å². The molecule has 0 amide bonds. The third-order valence-electron chi connectivity index (χ3n) is 3.80. The van der Waals surface area contributed by atoms with Crippen LogP contribution in [0.4, 0.5) is 5.82 Å². The van der Waals surface area contributed by atoms with E-state index in [1.54, 1.807) is 0 Å². The molecular weight excluding hydrogens is 270 g/mol. The van der Waals surface area contributed by atoms with Gasteiger partial charge < -0.3 is 10.4 Å². The van der Waals surface area contributed by atoms with Gasteiger partial charge in [0.2, 0.25) is 0 Å². The molecule has 0 atom stereocenters. The molecule has 108 valence electrons. The third-order valence-corrected chi connectivity index (χ3v) is 4.99. The van der Waals surface area contributed by atoms with Gasteiger partial charge in [-0.25, -0.2) is 9.97 Å². The van der Waals surface area contributed by atoms with Crippen LogP contribution >= 0.6 is 11.3 Å². The number of fused-ring (bicyclic) bond motifs is 3. The fourth-order valence-electron chi connectivity index (χ4n) is 2.77. The van der Waals surface area contributed by atoms with Crippen LogP contribution in [0.5, 0.6) is 0 Å². The van der Waals surface area contributed by atoms with Gasteiger partial charge in [-0.1, -0.05) is 6.92 Å². The van der Waals surface area contributed by atoms with Gasteiger partial charge in [-0.05, 0) is 37.7 Å². The van der Waals surface area contributed by atoms with Gasteiger partial charge in [0.15, 0.2) is 0 Å². The molecule has 0 aromatic carbocycles. The predicted molar refractivity (Wildman–Crippen MR) is 83.6 cm³/mol. The Hall–Kier alpha value is -1.20. The van der Waals surface area contributed by atoms with E-state index in [0.717, 1.165) is 42.3 Å². The maximum Gasteiger partial charge on any atom is 0.138 e. The first-order valence-corrected chi connectivity index (χ1v) is 8.31. The van der Waals surface area contributed by atoms with Crippen molar-refractivity contribution in [3.63, 3.8) is 0 Å². The first-order chi connectivity index (χ1) is 9.83. The van der Waals surface area contributed by atoms with Crippen molar-refractivity contribution in [1.82, 2.24) is 9.97 Å². The van der Waals surface area contributed by atoms with Gasteiger partial charge in [0.1, 0.15) is 16.5 Å². The Morgan fingerprint density at radius 3 is 2.90 bits per heavy atom. The van der Waals surface area contributed by atoms with E-state index in [-0.39, 0.29) is 6.61 Å². The first-order valence-electron chi connectivity index (χ1n) is 7.49. The zero-order valence-corrected chi connectivity index (χ0v) is 12.7. The van der Waals surface area contributed by atoms with Crippen LogP contribution in [0.3, 0.4) is 0 Å². The topological polar surface area (TPSA) is 58.0 Å². The van der Waals surface area contributed by atoms with Crippen LogP contribution in [0.1, 0.15) is 42.5 Å². The lowest BCUT2D eigenvalue weighted by Crippen LogP contribution is -2.08. The molecule has 5 heteroatoms. The van der Waals surface area contributed by atoms with Gasteiger partial charge >= 0.3 is 0 Å². The highest BCUT2D eigenvalue weighted by Crippen LogP contribution is 2.38. The van der Waals surface area contributed by atoms with E-state index < -0.39 is 0 Å². The van der Waals surface area contributed by atoms with Crippen molar-refractivity contribution in [2.45, 2.75) is 45.4 Å². The van der Waals surface area contributed by atoms with Crippen LogP contribution in [0.2, 0.25) is 0 Å². The second-order valence-corrected chi connectivity index (χ2v) is 6.32. The number of hydrogen-bond acceptors (Lipinski definition) is 5. The van der Waals surface area contributed by atoms with Crippen LogP contribution in [0.25, 0.3) is 10.2 Å². The molecule has 0 bridgehead atoms. The van der Waals surface area contributed by atoms with Gasteiger partial charge in [0.25, 0.3) is 0 Å². The highest BCUT2D eigenvalue weighted by molar-refractivity contribution is 7.19. The normalized spacial score (nSPS) is 14.5. The second kappa shape index (κ2) is 6.06. The summed E-state index contributed by atoms with van der Waals surface area (Å²) in [7, 11) is 0. The van der Waals surface area contributed by atoms with Crippen molar-refractivity contribution in [3.8, 4) is 0 Å². The number of aryl methyl sites for hydroxylation is 3. The molecule has 20 heavy (non-hydrogen) atoms. The first kappa shape index (κ1) is 13.8. The fraction of sp³-hybridized carbons (Fsp3) is 0.600. The minimum atomic E-state index is 0.212. The lowest BCUT2D eigenvalue weighted by molar-refractivity contribution is 0.292. The average Bonchev–Trinajstić information content (AvgIpc) is 2.85. The molecule has 2 heterocycles. The van der Waals surface area contributed by atoms with Crippen molar-refractivity contribution < 1.29 is 5.11 Å². The molecule has 0 radical (unpaired) electrons. The van der Waals surface area contributed by atoms with Gasteiger partial charge in [0.05, 0.1) is 5.39 Å². The Bertz CT molecular complexity index is 609. The number of aromatic nitrogens is 2. The van der Waals surface area contributed by atoms with Crippen LogP contribution in [0, 0.1) is 0 Å². The predicted octanol–water partition coefficient (Wildman–Crippen LogP) is 2.93. The van der Waals surface area contributed by atoms with E-state index in [0.29, 0.717) is 0 Å². The summed E-state index contributed by atoms with van der Waals surface area (Å²) in [4.78, 5) is 12.0. The summed E-state index contributed by atoms with van der Waals surface area (Å²) in [6.07, 6.45) is 6.50. The number of hydrogen-bond donors (Lipinski definition) is 2. The molecule has 0 saturated carbocycles. The number of aliphatic hydroxyl groups is 1. The molecule has 0 unspecified atom stereocenters. The quantitative estimate of drug-likeness (QED) is 0.832. The number of rotatable bonds is 5. The van der Waals surface area contributed by atoms with Crippen molar-refractivity contribution in [2.24, 2.45) is 0 Å². The minimum Gasteiger partial charge on any atom is -0.396 e. The molecule has 4 nitrogen and oxygen atoms in total. The third kappa shape index (κ3) is 2.52. The lowest BCUT2D eigenvalue weighted by atomic mass is 9.97. The van der Waals surface area contributed by atoms with Gasteiger partial charge in [-0.3, -0.25) is 0 Å². The average molecular weight is 291 g/mol. The van der Waals surface area contributed by atoms with Crippen molar-refractivity contribution in [1.29, 1.82) is 0 Å². The monoisotopic (exact) mass is 291 g/mol. The smallest absolute Gasteiger partial charge is 0.138 e. The molecule has 0 saturated heterocycles. The Morgan fingerprint density at radius 1 is 1.25 bits per heavy atom. The molecule has 1 aliphatic rings. The number of anilines is 1. The highest BCUT2D eigenvalue weighted by Gasteiger charge is 2.20. The summed E-state index contributed by atoms with van der Waals surface area (Å²) in [6.45, 7) is 3.06. The van der Waals surface area contributed by atoms with E-state index in [1.807, 2.05) is 11.3 Å². The van der Waals surface area contributed by atoms with Crippen LogP contribution < -0.4 is 5.32 Å². The highest BCUT2D eigenvalue weighted by atomic mass is 32.1. The molecule has 2 aromatic heterocycles. The van der Waals surface area contributed by atoms with E-state index in [9.17, 15) is 0 Å². The van der Waals surface area contributed by atoms with Gasteiger partial charge in [0, 0.05) is 24.4 Å². The summed E-state index contributed by atoms with van der Waals surface area (Å²) in [6, 6.07) is 0. The Balaban J connectivity index is 2.06. The number of nitrogens with zero attached hydrogens (tertiary/aromatic N) is 2. The standard InChI is InChI=1S/C15H21N3OS/c1-2-12-17-14(16-8-5-9-19)13-10-6-3-4-7-11(10)20-15(13)18-12/h19H,2-9H2,1H3,(H,16,17,18). The van der Waals surface area contributed by atoms with E-state index in [4.69, 9.17) is 10.1 Å². The van der Waals surface area contributed by atoms with Gasteiger partial charge in [-0.2, -0.15) is 0 Å². The molecule has 3 rings (SSSR count). The Kier molecular flexibility index (Phi) is 4.17. The molecule has 2 N–H and O–H groups in total. The number of nitrogens with one attached hydrogen (secondary N) is 1. The molecule has 0 fully saturated rings. The summed E-state index contributed by atoms with van der Waals surface area (Å²) in [5.41, 5.74) is 1.46. The second-order valence-electron chi connectivity index (χ2n) is 5.24. The maximum absolute atomic E-state index is 8.94. The minimum absolute atomic E-state index is 0.212. The van der Waals surface area contributed by atoms with Crippen molar-refractivity contribution >= 4 is 27.4 Å². The van der Waals surface area contributed by atoms with Crippen LogP contribution in [-0.4, -0.2) is 28.2 Å². The molecule has 0 aliphatic heterocycles. The lowest BCUT2D eigenvalue weighted by Gasteiger charge is -2.13. The largest absolute Gasteiger partial charge is 0.396 e. The molecule has 0 spiro atoms. The summed E-state index contributed by atoms with van der Waals surface area (Å²) in [5.74, 6) is 1.88. The molecular formula is C15H21N3OS. The fourth-order valence-corrected chi connectivity index (χ4v) is 4.05. The SMILES string of the molecule is CCc1nc(NCCCO)c2c3c(sc2n1)CCCC3. The summed E-state index contributed by atoms with van der Waals surface area (Å²) in [5, 5.41) is 13.6. The summed E-state index contributed by atoms with van der Waals surface area (Å²) >= 11 is 1.84. The van der Waals surface area contributed by atoms with E-state index in [2.05, 4.69) is 17.2 Å².